The minimum atomic E-state index is -4.43. The van der Waals surface area contributed by atoms with Crippen molar-refractivity contribution in [2.75, 3.05) is 5.73 Å². The van der Waals surface area contributed by atoms with Crippen molar-refractivity contribution in [1.29, 1.82) is 0 Å². The third-order valence-corrected chi connectivity index (χ3v) is 1.96. The highest BCUT2D eigenvalue weighted by atomic mass is 19.4. The number of aromatic nitrogens is 3. The van der Waals surface area contributed by atoms with E-state index in [0.29, 0.717) is 4.68 Å². The van der Waals surface area contributed by atoms with Crippen LogP contribution in [-0.4, -0.2) is 21.2 Å². The van der Waals surface area contributed by atoms with Gasteiger partial charge in [0.25, 0.3) is 0 Å². The first kappa shape index (κ1) is 10.7. The predicted molar refractivity (Wildman–Crippen MR) is 48.0 cm³/mol. The SMILES string of the molecule is Nc1cc2nnn(CC(F)(F)F)c2cc1F. The van der Waals surface area contributed by atoms with Gasteiger partial charge in [0.2, 0.25) is 0 Å². The van der Waals surface area contributed by atoms with Gasteiger partial charge in [-0.2, -0.15) is 13.2 Å². The van der Waals surface area contributed by atoms with E-state index in [2.05, 4.69) is 10.3 Å². The quantitative estimate of drug-likeness (QED) is 0.603. The summed E-state index contributed by atoms with van der Waals surface area (Å²) < 4.78 is 50.0. The number of anilines is 1. The van der Waals surface area contributed by atoms with Crippen LogP contribution in [0.3, 0.4) is 0 Å². The summed E-state index contributed by atoms with van der Waals surface area (Å²) in [5.41, 5.74) is 5.16. The fourth-order valence-electron chi connectivity index (χ4n) is 1.29. The second-order valence-electron chi connectivity index (χ2n) is 3.22. The summed E-state index contributed by atoms with van der Waals surface area (Å²) in [6.07, 6.45) is -4.43. The molecule has 0 aliphatic heterocycles. The lowest BCUT2D eigenvalue weighted by Gasteiger charge is -2.06. The molecule has 8 heteroatoms. The van der Waals surface area contributed by atoms with Gasteiger partial charge in [-0.25, -0.2) is 9.07 Å². The van der Waals surface area contributed by atoms with E-state index in [1.165, 1.54) is 0 Å². The summed E-state index contributed by atoms with van der Waals surface area (Å²) in [6.45, 7) is -1.31. The van der Waals surface area contributed by atoms with Crippen LogP contribution in [0.5, 0.6) is 0 Å². The summed E-state index contributed by atoms with van der Waals surface area (Å²) in [4.78, 5) is 0. The van der Waals surface area contributed by atoms with Crippen LogP contribution in [0, 0.1) is 5.82 Å². The zero-order valence-electron chi connectivity index (χ0n) is 7.79. The Kier molecular flexibility index (Phi) is 2.21. The topological polar surface area (TPSA) is 56.7 Å². The van der Waals surface area contributed by atoms with Crippen molar-refractivity contribution in [2.24, 2.45) is 0 Å². The van der Waals surface area contributed by atoms with Crippen LogP contribution in [0.4, 0.5) is 23.2 Å². The summed E-state index contributed by atoms with van der Waals surface area (Å²) in [5, 5.41) is 6.76. The normalized spacial score (nSPS) is 12.2. The lowest BCUT2D eigenvalue weighted by atomic mass is 10.2. The van der Waals surface area contributed by atoms with E-state index >= 15 is 0 Å². The molecule has 0 aliphatic rings. The van der Waals surface area contributed by atoms with E-state index in [-0.39, 0.29) is 16.7 Å². The Balaban J connectivity index is 2.52. The Morgan fingerprint density at radius 1 is 1.31 bits per heavy atom. The number of halogens is 4. The van der Waals surface area contributed by atoms with E-state index in [9.17, 15) is 17.6 Å². The third-order valence-electron chi connectivity index (χ3n) is 1.96. The maximum absolute atomic E-state index is 13.1. The molecule has 2 N–H and O–H groups in total. The molecule has 0 atom stereocenters. The Bertz CT molecular complexity index is 531. The highest BCUT2D eigenvalue weighted by Gasteiger charge is 2.29. The van der Waals surface area contributed by atoms with Crippen LogP contribution in [0.15, 0.2) is 12.1 Å². The molecule has 2 rings (SSSR count). The monoisotopic (exact) mass is 234 g/mol. The van der Waals surface area contributed by atoms with Crippen molar-refractivity contribution >= 4 is 16.7 Å². The Morgan fingerprint density at radius 3 is 2.62 bits per heavy atom. The standard InChI is InChI=1S/C8H6F4N4/c9-4-1-7-6(2-5(4)13)14-15-16(7)3-8(10,11)12/h1-2H,3,13H2. The van der Waals surface area contributed by atoms with Crippen molar-refractivity contribution in [3.63, 3.8) is 0 Å². The van der Waals surface area contributed by atoms with Crippen LogP contribution in [-0.2, 0) is 6.54 Å². The van der Waals surface area contributed by atoms with Gasteiger partial charge in [0, 0.05) is 6.07 Å². The molecule has 1 aromatic heterocycles. The molecule has 16 heavy (non-hydrogen) atoms. The molecule has 1 aromatic carbocycles. The number of alkyl halides is 3. The molecule has 1 heterocycles. The average molecular weight is 234 g/mol. The lowest BCUT2D eigenvalue weighted by Crippen LogP contribution is -2.18. The van der Waals surface area contributed by atoms with Crippen molar-refractivity contribution in [3.8, 4) is 0 Å². The first-order valence-electron chi connectivity index (χ1n) is 4.22. The fraction of sp³-hybridized carbons (Fsp3) is 0.250. The van der Waals surface area contributed by atoms with Gasteiger partial charge in [-0.3, -0.25) is 0 Å². The van der Waals surface area contributed by atoms with Gasteiger partial charge >= 0.3 is 6.18 Å². The molecule has 0 bridgehead atoms. The lowest BCUT2D eigenvalue weighted by molar-refractivity contribution is -0.142. The summed E-state index contributed by atoms with van der Waals surface area (Å²) >= 11 is 0. The van der Waals surface area contributed by atoms with Crippen LogP contribution in [0.2, 0.25) is 0 Å². The van der Waals surface area contributed by atoms with Gasteiger partial charge < -0.3 is 5.73 Å². The van der Waals surface area contributed by atoms with Crippen molar-refractivity contribution in [3.05, 3.63) is 17.9 Å². The Morgan fingerprint density at radius 2 is 2.00 bits per heavy atom. The van der Waals surface area contributed by atoms with Gasteiger partial charge in [-0.05, 0) is 6.07 Å². The number of hydrogen-bond donors (Lipinski definition) is 1. The molecule has 0 fully saturated rings. The average Bonchev–Trinajstić information content (AvgIpc) is 2.47. The summed E-state index contributed by atoms with van der Waals surface area (Å²) in [6, 6.07) is 2.03. The Hall–Kier alpha value is -1.86. The minimum absolute atomic E-state index is 0.0379. The number of hydrogen-bond acceptors (Lipinski definition) is 3. The largest absolute Gasteiger partial charge is 0.408 e. The van der Waals surface area contributed by atoms with Crippen LogP contribution in [0.1, 0.15) is 0 Å². The molecule has 4 nitrogen and oxygen atoms in total. The van der Waals surface area contributed by atoms with Crippen LogP contribution >= 0.6 is 0 Å². The molecule has 0 spiro atoms. The number of nitrogens with two attached hydrogens (primary N) is 1. The molecule has 0 amide bonds. The number of nitrogen functional groups attached to an aromatic ring is 1. The second-order valence-corrected chi connectivity index (χ2v) is 3.22. The van der Waals surface area contributed by atoms with Gasteiger partial charge in [0.05, 0.1) is 11.2 Å². The van der Waals surface area contributed by atoms with Gasteiger partial charge in [0.1, 0.15) is 17.9 Å². The van der Waals surface area contributed by atoms with E-state index in [1.807, 2.05) is 0 Å². The van der Waals surface area contributed by atoms with Crippen molar-refractivity contribution in [2.45, 2.75) is 12.7 Å². The van der Waals surface area contributed by atoms with Crippen LogP contribution < -0.4 is 5.73 Å². The number of benzene rings is 1. The molecule has 0 saturated heterocycles. The zero-order chi connectivity index (χ0) is 11.9. The van der Waals surface area contributed by atoms with Crippen LogP contribution in [0.25, 0.3) is 11.0 Å². The minimum Gasteiger partial charge on any atom is -0.396 e. The number of nitrogens with zero attached hydrogens (tertiary/aromatic N) is 3. The third kappa shape index (κ3) is 1.90. The van der Waals surface area contributed by atoms with E-state index in [0.717, 1.165) is 12.1 Å². The number of rotatable bonds is 1. The first-order chi connectivity index (χ1) is 7.37. The smallest absolute Gasteiger partial charge is 0.396 e. The van der Waals surface area contributed by atoms with Crippen molar-refractivity contribution < 1.29 is 17.6 Å². The maximum Gasteiger partial charge on any atom is 0.408 e. The molecule has 0 aliphatic carbocycles. The molecular weight excluding hydrogens is 228 g/mol. The predicted octanol–water partition coefficient (Wildman–Crippen LogP) is 1.71. The molecule has 0 unspecified atom stereocenters. The molecule has 2 aromatic rings. The van der Waals surface area contributed by atoms with Gasteiger partial charge in [-0.15, -0.1) is 5.10 Å². The van der Waals surface area contributed by atoms with Gasteiger partial charge in [0.15, 0.2) is 0 Å². The van der Waals surface area contributed by atoms with E-state index in [1.54, 1.807) is 0 Å². The molecular formula is C8H6F4N4. The number of fused-ring (bicyclic) bond motifs is 1. The molecule has 86 valence electrons. The summed E-state index contributed by atoms with van der Waals surface area (Å²) in [7, 11) is 0. The molecule has 0 radical (unpaired) electrons. The van der Waals surface area contributed by atoms with E-state index in [4.69, 9.17) is 5.73 Å². The molecule has 0 saturated carbocycles. The summed E-state index contributed by atoms with van der Waals surface area (Å²) in [5.74, 6) is -0.793. The fourth-order valence-corrected chi connectivity index (χ4v) is 1.29. The zero-order valence-corrected chi connectivity index (χ0v) is 7.79. The highest BCUT2D eigenvalue weighted by Crippen LogP contribution is 2.22. The van der Waals surface area contributed by atoms with Crippen molar-refractivity contribution in [1.82, 2.24) is 15.0 Å². The van der Waals surface area contributed by atoms with Gasteiger partial charge in [-0.1, -0.05) is 5.21 Å². The highest BCUT2D eigenvalue weighted by molar-refractivity contribution is 5.78. The maximum atomic E-state index is 13.1. The second kappa shape index (κ2) is 3.32. The first-order valence-corrected chi connectivity index (χ1v) is 4.22. The van der Waals surface area contributed by atoms with E-state index < -0.39 is 18.5 Å². The Labute approximate surface area is 86.6 Å².